The molecule has 23 heavy (non-hydrogen) atoms. The first-order chi connectivity index (χ1) is 11.0. The molecule has 0 aliphatic rings. The Hall–Kier alpha value is -1.79. The first-order valence-electron chi connectivity index (χ1n) is 7.09. The summed E-state index contributed by atoms with van der Waals surface area (Å²) >= 11 is 4.79. The first kappa shape index (κ1) is 17.6. The minimum absolute atomic E-state index is 0.319. The molecule has 0 aliphatic carbocycles. The number of carbonyl (C=O) groups excluding carboxylic acids is 2. The molecule has 3 amide bonds. The third-order valence-electron chi connectivity index (χ3n) is 3.01. The minimum Gasteiger partial charge on any atom is -0.334 e. The van der Waals surface area contributed by atoms with Crippen molar-refractivity contribution in [2.45, 2.75) is 23.6 Å². The fourth-order valence-electron chi connectivity index (χ4n) is 1.83. The van der Waals surface area contributed by atoms with Gasteiger partial charge in [-0.3, -0.25) is 10.1 Å². The van der Waals surface area contributed by atoms with Crippen LogP contribution in [0.3, 0.4) is 0 Å². The van der Waals surface area contributed by atoms with Crippen LogP contribution in [-0.2, 0) is 11.3 Å². The second-order valence-corrected chi connectivity index (χ2v) is 7.20. The zero-order valence-corrected chi connectivity index (χ0v) is 15.0. The molecule has 0 fully saturated rings. The van der Waals surface area contributed by atoms with Crippen LogP contribution in [0.5, 0.6) is 0 Å². The second-order valence-electron chi connectivity index (χ2n) is 4.87. The highest BCUT2D eigenvalue weighted by Crippen LogP contribution is 2.25. The van der Waals surface area contributed by atoms with Crippen molar-refractivity contribution in [2.24, 2.45) is 0 Å². The number of benzene rings is 2. The normalized spacial score (nSPS) is 11.6. The SMILES string of the molecule is CC(Sc1cccc(Br)c1)C(=O)NC(=O)NCc1ccccc1. The largest absolute Gasteiger partial charge is 0.334 e. The van der Waals surface area contributed by atoms with Crippen molar-refractivity contribution < 1.29 is 9.59 Å². The maximum Gasteiger partial charge on any atom is 0.321 e. The number of halogens is 1. The van der Waals surface area contributed by atoms with Crippen LogP contribution in [-0.4, -0.2) is 17.2 Å². The summed E-state index contributed by atoms with van der Waals surface area (Å²) in [5.41, 5.74) is 0.978. The van der Waals surface area contributed by atoms with E-state index in [0.717, 1.165) is 14.9 Å². The molecule has 2 aromatic carbocycles. The second kappa shape index (κ2) is 8.74. The molecule has 4 nitrogen and oxygen atoms in total. The Morgan fingerprint density at radius 1 is 1.13 bits per heavy atom. The molecule has 2 rings (SSSR count). The van der Waals surface area contributed by atoms with E-state index >= 15 is 0 Å². The molecule has 0 saturated heterocycles. The van der Waals surface area contributed by atoms with Gasteiger partial charge in [-0.1, -0.05) is 52.3 Å². The van der Waals surface area contributed by atoms with E-state index < -0.39 is 6.03 Å². The molecule has 1 unspecified atom stereocenters. The van der Waals surface area contributed by atoms with Gasteiger partial charge < -0.3 is 5.32 Å². The van der Waals surface area contributed by atoms with Crippen molar-refractivity contribution in [3.8, 4) is 0 Å². The molecule has 0 aliphatic heterocycles. The van der Waals surface area contributed by atoms with Gasteiger partial charge in [-0.2, -0.15) is 0 Å². The summed E-state index contributed by atoms with van der Waals surface area (Å²) in [6, 6.07) is 16.7. The summed E-state index contributed by atoms with van der Waals surface area (Å²) in [5, 5.41) is 4.66. The number of amides is 3. The average Bonchev–Trinajstić information content (AvgIpc) is 2.54. The van der Waals surface area contributed by atoms with Gasteiger partial charge in [0, 0.05) is 15.9 Å². The third kappa shape index (κ3) is 6.08. The summed E-state index contributed by atoms with van der Waals surface area (Å²) in [6.07, 6.45) is 0. The summed E-state index contributed by atoms with van der Waals surface area (Å²) in [7, 11) is 0. The fraction of sp³-hybridized carbons (Fsp3) is 0.176. The lowest BCUT2D eigenvalue weighted by molar-refractivity contribution is -0.119. The summed E-state index contributed by atoms with van der Waals surface area (Å²) in [5.74, 6) is -0.319. The fourth-order valence-corrected chi connectivity index (χ4v) is 3.31. The summed E-state index contributed by atoms with van der Waals surface area (Å²) < 4.78 is 0.954. The molecule has 0 bridgehead atoms. The molecule has 0 aromatic heterocycles. The average molecular weight is 393 g/mol. The van der Waals surface area contributed by atoms with E-state index in [2.05, 4.69) is 26.6 Å². The van der Waals surface area contributed by atoms with Gasteiger partial charge in [0.15, 0.2) is 0 Å². The lowest BCUT2D eigenvalue weighted by atomic mass is 10.2. The van der Waals surface area contributed by atoms with E-state index in [0.29, 0.717) is 6.54 Å². The van der Waals surface area contributed by atoms with E-state index in [-0.39, 0.29) is 11.2 Å². The van der Waals surface area contributed by atoms with E-state index in [1.54, 1.807) is 6.92 Å². The van der Waals surface area contributed by atoms with Crippen molar-refractivity contribution in [3.63, 3.8) is 0 Å². The number of rotatable bonds is 5. The predicted molar refractivity (Wildman–Crippen MR) is 96.3 cm³/mol. The van der Waals surface area contributed by atoms with Crippen molar-refractivity contribution in [1.82, 2.24) is 10.6 Å². The van der Waals surface area contributed by atoms with Gasteiger partial charge in [0.25, 0.3) is 0 Å². The van der Waals surface area contributed by atoms with Gasteiger partial charge in [-0.05, 0) is 30.7 Å². The molecule has 120 valence electrons. The van der Waals surface area contributed by atoms with E-state index in [1.165, 1.54) is 11.8 Å². The Kier molecular flexibility index (Phi) is 6.67. The van der Waals surface area contributed by atoms with Crippen LogP contribution in [0.25, 0.3) is 0 Å². The van der Waals surface area contributed by atoms with Crippen molar-refractivity contribution in [1.29, 1.82) is 0 Å². The molecule has 0 spiro atoms. The van der Waals surface area contributed by atoms with Crippen LogP contribution in [0, 0.1) is 0 Å². The molecule has 6 heteroatoms. The number of hydrogen-bond donors (Lipinski definition) is 2. The Bertz CT molecular complexity index is 679. The highest BCUT2D eigenvalue weighted by Gasteiger charge is 2.17. The molecule has 2 aromatic rings. The molecule has 2 N–H and O–H groups in total. The number of imide groups is 1. The highest BCUT2D eigenvalue weighted by atomic mass is 79.9. The smallest absolute Gasteiger partial charge is 0.321 e. The predicted octanol–water partition coefficient (Wildman–Crippen LogP) is 3.96. The molecular formula is C17H17BrN2O2S. The lowest BCUT2D eigenvalue weighted by Crippen LogP contribution is -2.42. The van der Waals surface area contributed by atoms with Crippen molar-refractivity contribution >= 4 is 39.6 Å². The Morgan fingerprint density at radius 3 is 2.57 bits per heavy atom. The lowest BCUT2D eigenvalue weighted by Gasteiger charge is -2.12. The van der Waals surface area contributed by atoms with Gasteiger partial charge >= 0.3 is 6.03 Å². The molecule has 0 heterocycles. The zero-order valence-electron chi connectivity index (χ0n) is 12.6. The highest BCUT2D eigenvalue weighted by molar-refractivity contribution is 9.10. The number of nitrogens with one attached hydrogen (secondary N) is 2. The molecule has 0 radical (unpaired) electrons. The quantitative estimate of drug-likeness (QED) is 0.757. The number of urea groups is 1. The Balaban J connectivity index is 1.79. The Morgan fingerprint density at radius 2 is 1.87 bits per heavy atom. The van der Waals surface area contributed by atoms with Crippen molar-refractivity contribution in [2.75, 3.05) is 0 Å². The topological polar surface area (TPSA) is 58.2 Å². The summed E-state index contributed by atoms with van der Waals surface area (Å²) in [4.78, 5) is 24.8. The van der Waals surface area contributed by atoms with Gasteiger partial charge in [0.2, 0.25) is 5.91 Å². The minimum atomic E-state index is -0.486. The van der Waals surface area contributed by atoms with Gasteiger partial charge in [0.1, 0.15) is 0 Å². The zero-order chi connectivity index (χ0) is 16.7. The van der Waals surface area contributed by atoms with Crippen LogP contribution in [0.2, 0.25) is 0 Å². The van der Waals surface area contributed by atoms with Crippen LogP contribution >= 0.6 is 27.7 Å². The van der Waals surface area contributed by atoms with Gasteiger partial charge in [0.05, 0.1) is 5.25 Å². The third-order valence-corrected chi connectivity index (χ3v) is 4.60. The number of carbonyl (C=O) groups is 2. The maximum absolute atomic E-state index is 12.0. The van der Waals surface area contributed by atoms with E-state index in [1.807, 2.05) is 54.6 Å². The molecule has 0 saturated carbocycles. The maximum atomic E-state index is 12.0. The number of hydrogen-bond acceptors (Lipinski definition) is 3. The standard InChI is InChI=1S/C17H17BrN2O2S/c1-12(23-15-9-5-8-14(18)10-15)16(21)20-17(22)19-11-13-6-3-2-4-7-13/h2-10,12H,11H2,1H3,(H2,19,20,21,22). The van der Waals surface area contributed by atoms with Gasteiger partial charge in [-0.25, -0.2) is 4.79 Å². The number of thioether (sulfide) groups is 1. The van der Waals surface area contributed by atoms with E-state index in [4.69, 9.17) is 0 Å². The van der Waals surface area contributed by atoms with E-state index in [9.17, 15) is 9.59 Å². The molecule has 1 atom stereocenters. The van der Waals surface area contributed by atoms with Crippen LogP contribution in [0.15, 0.2) is 64.0 Å². The van der Waals surface area contributed by atoms with Crippen molar-refractivity contribution in [3.05, 3.63) is 64.6 Å². The monoisotopic (exact) mass is 392 g/mol. The van der Waals surface area contributed by atoms with Gasteiger partial charge in [-0.15, -0.1) is 11.8 Å². The van der Waals surface area contributed by atoms with Crippen LogP contribution in [0.4, 0.5) is 4.79 Å². The summed E-state index contributed by atoms with van der Waals surface area (Å²) in [6.45, 7) is 2.15. The Labute approximate surface area is 148 Å². The van der Waals surface area contributed by atoms with Crippen LogP contribution < -0.4 is 10.6 Å². The van der Waals surface area contributed by atoms with Crippen LogP contribution in [0.1, 0.15) is 12.5 Å². The first-order valence-corrected chi connectivity index (χ1v) is 8.76. The molecular weight excluding hydrogens is 376 g/mol.